The molecule has 0 aliphatic carbocycles. The number of aromatic nitrogens is 2. The molecule has 0 spiro atoms. The Balaban J connectivity index is 1.24. The van der Waals surface area contributed by atoms with E-state index in [-0.39, 0.29) is 73.9 Å². The first-order valence-electron chi connectivity index (χ1n) is 37.6. The number of carbonyl (C=O) groups excluding carboxylic acids is 13. The van der Waals surface area contributed by atoms with Gasteiger partial charge in [-0.1, -0.05) is 90.1 Å². The largest absolute Gasteiger partial charge is 0.524 e. The number of phenols is 1. The number of fused-ring (bicyclic) bond motifs is 4. The Morgan fingerprint density at radius 1 is 0.684 bits per heavy atom. The highest BCUT2D eigenvalue weighted by molar-refractivity contribution is 7.98. The van der Waals surface area contributed by atoms with Crippen LogP contribution in [0.2, 0.25) is 0 Å². The average molecular weight is 1640 g/mol. The quantitative estimate of drug-likeness (QED) is 0.0709. The Bertz CT molecular complexity index is 4380. The maximum absolute atomic E-state index is 15.2. The lowest BCUT2D eigenvalue weighted by Gasteiger charge is -2.35. The van der Waals surface area contributed by atoms with E-state index in [9.17, 15) is 82.4 Å². The maximum atomic E-state index is 15.2. The van der Waals surface area contributed by atoms with Gasteiger partial charge in [0.1, 0.15) is 64.7 Å². The third-order valence-electron chi connectivity index (χ3n) is 20.3. The predicted molar refractivity (Wildman–Crippen MR) is 426 cm³/mol. The highest BCUT2D eigenvalue weighted by Crippen LogP contribution is 2.38. The second-order valence-corrected chi connectivity index (χ2v) is 34.8. The molecular weight excluding hydrogens is 1530 g/mol. The number of nitrogens with two attached hydrogens (primary N) is 1. The van der Waals surface area contributed by atoms with Crippen molar-refractivity contribution < 1.29 is 96.5 Å². The van der Waals surface area contributed by atoms with Gasteiger partial charge in [-0.05, 0) is 143 Å². The molecule has 3 aromatic carbocycles. The lowest BCUT2D eigenvalue weighted by Crippen LogP contribution is -2.63. The number of rotatable bonds is 14. The molecule has 16 N–H and O–H groups in total. The number of thioether (sulfide) groups is 2. The number of hydrogen-bond acceptors (Lipinski definition) is 21. The van der Waals surface area contributed by atoms with Gasteiger partial charge in [-0.2, -0.15) is 23.5 Å². The van der Waals surface area contributed by atoms with Crippen molar-refractivity contribution in [3.8, 4) is 11.5 Å². The summed E-state index contributed by atoms with van der Waals surface area (Å²) in [7, 11) is -5.02. The first-order chi connectivity index (χ1) is 53.3. The Morgan fingerprint density at radius 3 is 1.88 bits per heavy atom. The number of phosphoric ester groups is 1. The van der Waals surface area contributed by atoms with E-state index in [2.05, 4.69) is 52.5 Å². The third kappa shape index (κ3) is 26.0. The Kier molecular flexibility index (Phi) is 32.3. The molecule has 2 bridgehead atoms. The molecule has 2 aliphatic rings. The third-order valence-corrected chi connectivity index (χ3v) is 23.0. The van der Waals surface area contributed by atoms with Crippen LogP contribution in [-0.4, -0.2) is 201 Å². The number of primary amides is 1. The van der Waals surface area contributed by atoms with Gasteiger partial charge in [0.15, 0.2) is 11.6 Å². The molecule has 13 atom stereocenters. The minimum Gasteiger partial charge on any atom is -0.508 e. The number of pyridine rings is 1. The molecule has 620 valence electrons. The van der Waals surface area contributed by atoms with Crippen LogP contribution in [0.5, 0.6) is 11.5 Å². The topological polar surface area (TPSA) is 504 Å². The molecule has 114 heavy (non-hydrogen) atoms. The van der Waals surface area contributed by atoms with E-state index in [1.165, 1.54) is 119 Å². The van der Waals surface area contributed by atoms with Crippen LogP contribution in [0.1, 0.15) is 143 Å². The summed E-state index contributed by atoms with van der Waals surface area (Å²) in [5.74, 6) is -13.0. The van der Waals surface area contributed by atoms with Crippen molar-refractivity contribution in [2.45, 2.75) is 212 Å². The van der Waals surface area contributed by atoms with E-state index in [0.717, 1.165) is 11.1 Å². The van der Waals surface area contributed by atoms with Gasteiger partial charge in [-0.3, -0.25) is 67.3 Å². The molecular formula is C79H107N12O20PS2. The van der Waals surface area contributed by atoms with Crippen LogP contribution in [0, 0.1) is 28.6 Å². The van der Waals surface area contributed by atoms with Crippen molar-refractivity contribution in [1.82, 2.24) is 57.4 Å². The molecule has 5 aromatic rings. The highest BCUT2D eigenvalue weighted by atomic mass is 32.2. The normalized spacial score (nSPS) is 25.4. The fraction of sp³-hybridized carbons (Fsp3) is 0.519. The van der Waals surface area contributed by atoms with E-state index in [0.29, 0.717) is 39.2 Å². The van der Waals surface area contributed by atoms with Crippen LogP contribution in [0.4, 0.5) is 0 Å². The molecule has 10 amide bonds. The summed E-state index contributed by atoms with van der Waals surface area (Å²) in [5.41, 5.74) is 4.49. The molecule has 0 saturated carbocycles. The smallest absolute Gasteiger partial charge is 0.508 e. The lowest BCUT2D eigenvalue weighted by atomic mass is 9.73. The molecule has 4 heterocycles. The van der Waals surface area contributed by atoms with Gasteiger partial charge in [-0.15, -0.1) is 0 Å². The zero-order chi connectivity index (χ0) is 84.5. The van der Waals surface area contributed by atoms with Crippen LogP contribution in [0.15, 0.2) is 97.3 Å². The summed E-state index contributed by atoms with van der Waals surface area (Å²) in [5, 5.41) is 54.3. The number of carbonyl (C=O) groups is 13. The average Bonchev–Trinajstić information content (AvgIpc) is 1.32. The summed E-state index contributed by atoms with van der Waals surface area (Å²) in [6, 6.07) is 9.80. The van der Waals surface area contributed by atoms with Gasteiger partial charge in [0, 0.05) is 78.9 Å². The van der Waals surface area contributed by atoms with Crippen molar-refractivity contribution in [3.05, 3.63) is 125 Å². The van der Waals surface area contributed by atoms with Crippen LogP contribution < -0.4 is 52.8 Å². The van der Waals surface area contributed by atoms with Crippen molar-refractivity contribution >= 4 is 119 Å². The van der Waals surface area contributed by atoms with Crippen molar-refractivity contribution in [3.63, 3.8) is 0 Å². The molecule has 1 fully saturated rings. The number of hydrogen-bond donors (Lipinski definition) is 15. The Morgan fingerprint density at radius 2 is 1.28 bits per heavy atom. The molecule has 7 rings (SSSR count). The number of aliphatic hydroxyl groups is 2. The first-order valence-corrected chi connectivity index (χ1v) is 41.4. The summed E-state index contributed by atoms with van der Waals surface area (Å²) < 4.78 is 16.4. The minimum absolute atomic E-state index is 0.0213. The predicted octanol–water partition coefficient (Wildman–Crippen LogP) is 3.33. The highest BCUT2D eigenvalue weighted by Gasteiger charge is 2.46. The van der Waals surface area contributed by atoms with Gasteiger partial charge >= 0.3 is 7.82 Å². The number of aromatic hydroxyl groups is 1. The maximum Gasteiger partial charge on any atom is 0.524 e. The summed E-state index contributed by atoms with van der Waals surface area (Å²) in [6.45, 7) is 17.5. The fourth-order valence-electron chi connectivity index (χ4n) is 13.3. The number of phosphoric acid groups is 1. The SMILES string of the molecule is CC(=O)C[C@H]1CSCc2cccc(c2)CSC[C@H](C(N)=O)NC(=O)[C@H]([C@H](C)O)NC(=O)[C@](C)(C(C)C)CC(=O)[C@H](Cc2ccc(OP(=O)(O)O)cc2)NC(=O)[C@H](C)NC(=O)C(C)(C)NC(=O)[C@H](Cc2c[nH]c3ncccc23)NC(=O)[C@H]([C@@H](C)O)NC(=O)[C@@H]2CCCN2C(=O)[C@H](Cc2ccc(O)cc2)CC(=O)[C@H](C(C)(C)C)NC1=O. The lowest BCUT2D eigenvalue weighted by molar-refractivity contribution is -0.144. The van der Waals surface area contributed by atoms with Crippen LogP contribution in [-0.2, 0) is 97.7 Å². The van der Waals surface area contributed by atoms with Crippen LogP contribution >= 0.6 is 31.3 Å². The number of benzene rings is 3. The molecule has 2 aromatic heterocycles. The number of amides is 10. The summed E-state index contributed by atoms with van der Waals surface area (Å²) in [4.78, 5) is 215. The molecule has 35 heteroatoms. The minimum atomic E-state index is -5.02. The van der Waals surface area contributed by atoms with Gasteiger partial charge < -0.3 is 82.8 Å². The van der Waals surface area contributed by atoms with Crippen molar-refractivity contribution in [2.24, 2.45) is 34.3 Å². The van der Waals surface area contributed by atoms with Crippen LogP contribution in [0.3, 0.4) is 0 Å². The number of H-pyrrole nitrogens is 1. The molecule has 2 aliphatic heterocycles. The van der Waals surface area contributed by atoms with E-state index < -0.39 is 186 Å². The van der Waals surface area contributed by atoms with Gasteiger partial charge in [0.2, 0.25) is 59.1 Å². The molecule has 1 saturated heterocycles. The molecule has 32 nitrogen and oxygen atoms in total. The number of ketones is 3. The van der Waals surface area contributed by atoms with E-state index >= 15 is 9.59 Å². The van der Waals surface area contributed by atoms with Crippen LogP contribution in [0.25, 0.3) is 11.0 Å². The number of phenolic OH excluding ortho intramolecular Hbond substituents is 1. The molecule has 0 radical (unpaired) electrons. The van der Waals surface area contributed by atoms with Crippen molar-refractivity contribution in [1.29, 1.82) is 0 Å². The molecule has 0 unspecified atom stereocenters. The van der Waals surface area contributed by atoms with E-state index in [4.69, 9.17) is 10.3 Å². The number of nitrogens with zero attached hydrogens (tertiary/aromatic N) is 2. The number of Topliss-reactive ketones (excluding diaryl/α,β-unsaturated/α-hetero) is 3. The Labute approximate surface area is 670 Å². The van der Waals surface area contributed by atoms with Crippen molar-refractivity contribution in [2.75, 3.05) is 18.1 Å². The van der Waals surface area contributed by atoms with E-state index in [1.54, 1.807) is 71.1 Å². The van der Waals surface area contributed by atoms with E-state index in [1.807, 2.05) is 18.2 Å². The standard InChI is InChI=1S/C79H107N12O20PS2/c1-42(2)79(12)36-62(97)57(33-48-22-26-55(27-23-48)111-112(108,109)110)84-68(99)44(4)83-75(106)78(10,11)90-70(101)58(34-52-37-82-67-56(52)18-14-28-81-67)85-72(103)63(45(5)93)87-71(102)60-19-15-29-91(60)74(105)51(32-47-20-24-54(95)25-21-47)35-61(96)65(77(7,8)9)89-69(100)53(30-43(3)92)40-113-38-49-16-13-17-50(31-49)39-114-41-59(66(80)98)86-73(104)64(46(6)94)88-76(79)107/h13-14,16-18,20-28,31,37,42,44-46,51,53,57-60,63-65,93-95H,15,19,29-30,32-36,38-41H2,1-12H3,(H2,80,98)(H,81,82)(H,83,106)(H,84,99)(H,85,103)(H,86,104)(H,87,102)(H,88,107)(H,89,100)(H,90,101)(H2,108,109,110)/t44-,45+,46-,51+,53-,57-,58-,59+,60-,63-,64-,65+,79-/m0/s1. The summed E-state index contributed by atoms with van der Waals surface area (Å²) >= 11 is 2.59. The second-order valence-electron chi connectivity index (χ2n) is 31.6. The number of aromatic amines is 1. The zero-order valence-electron chi connectivity index (χ0n) is 66.0. The first kappa shape index (κ1) is 91.6. The number of nitrogens with one attached hydrogen (secondary N) is 9. The zero-order valence-corrected chi connectivity index (χ0v) is 68.6. The van der Waals surface area contributed by atoms with Gasteiger partial charge in [0.05, 0.1) is 35.6 Å². The second kappa shape index (κ2) is 40.1. The fourth-order valence-corrected chi connectivity index (χ4v) is 15.8. The van der Waals surface area contributed by atoms with Gasteiger partial charge in [0.25, 0.3) is 0 Å². The Hall–Kier alpha value is -9.57. The summed E-state index contributed by atoms with van der Waals surface area (Å²) in [6.07, 6.45) is -1.81. The number of aliphatic hydroxyl groups excluding tert-OH is 2. The van der Waals surface area contributed by atoms with Gasteiger partial charge in [-0.25, -0.2) is 9.55 Å². The monoisotopic (exact) mass is 1640 g/mol.